The summed E-state index contributed by atoms with van der Waals surface area (Å²) in [6, 6.07) is 25.7. The van der Waals surface area contributed by atoms with Crippen LogP contribution in [0.25, 0.3) is 22.3 Å². The van der Waals surface area contributed by atoms with Gasteiger partial charge in [0, 0.05) is 50.4 Å². The maximum atomic E-state index is 6.43. The predicted molar refractivity (Wildman–Crippen MR) is 152 cm³/mol. The van der Waals surface area contributed by atoms with E-state index in [1.165, 1.54) is 5.56 Å². The number of hydrogen-bond donors (Lipinski definition) is 1. The lowest BCUT2D eigenvalue weighted by Crippen LogP contribution is -2.46. The van der Waals surface area contributed by atoms with Gasteiger partial charge in [-0.3, -0.25) is 9.58 Å². The molecule has 38 heavy (non-hydrogen) atoms. The lowest BCUT2D eigenvalue weighted by Gasteiger charge is -2.34. The molecule has 1 fully saturated rings. The smallest absolute Gasteiger partial charge is 0.228 e. The number of rotatable bonds is 6. The molecule has 0 bridgehead atoms. The molecular formula is C29H28ClN7O. The number of ether oxygens (including phenoxy) is 1. The number of halogens is 1. The number of aromatic nitrogens is 4. The Morgan fingerprint density at radius 1 is 0.868 bits per heavy atom. The van der Waals surface area contributed by atoms with Crippen molar-refractivity contribution in [2.45, 2.75) is 6.54 Å². The molecule has 0 spiro atoms. The number of anilines is 2. The van der Waals surface area contributed by atoms with E-state index in [2.05, 4.69) is 27.0 Å². The Morgan fingerprint density at radius 3 is 2.37 bits per heavy atom. The number of nitrogens with zero attached hydrogens (tertiary/aromatic N) is 6. The molecule has 0 saturated carbocycles. The summed E-state index contributed by atoms with van der Waals surface area (Å²) < 4.78 is 7.74. The van der Waals surface area contributed by atoms with Gasteiger partial charge < -0.3 is 15.4 Å². The van der Waals surface area contributed by atoms with Crippen molar-refractivity contribution in [2.75, 3.05) is 36.8 Å². The Balaban J connectivity index is 1.28. The van der Waals surface area contributed by atoms with Gasteiger partial charge >= 0.3 is 0 Å². The Morgan fingerprint density at radius 2 is 1.61 bits per heavy atom. The number of aryl methyl sites for hydroxylation is 1. The minimum Gasteiger partial charge on any atom is -0.457 e. The van der Waals surface area contributed by atoms with Crippen molar-refractivity contribution in [2.24, 2.45) is 7.05 Å². The third-order valence-electron chi connectivity index (χ3n) is 6.79. The molecule has 0 radical (unpaired) electrons. The van der Waals surface area contributed by atoms with E-state index in [9.17, 15) is 0 Å². The van der Waals surface area contributed by atoms with Crippen LogP contribution in [-0.2, 0) is 13.6 Å². The first-order valence-electron chi connectivity index (χ1n) is 12.6. The topological polar surface area (TPSA) is 85.3 Å². The third-order valence-corrected chi connectivity index (χ3v) is 7.04. The highest BCUT2D eigenvalue weighted by Gasteiger charge is 2.23. The quantitative estimate of drug-likeness (QED) is 0.318. The minimum atomic E-state index is 0.531. The first-order valence-corrected chi connectivity index (χ1v) is 13.0. The van der Waals surface area contributed by atoms with Gasteiger partial charge in [-0.2, -0.15) is 10.1 Å². The zero-order valence-corrected chi connectivity index (χ0v) is 21.8. The maximum absolute atomic E-state index is 6.43. The van der Waals surface area contributed by atoms with E-state index in [-0.39, 0.29) is 0 Å². The van der Waals surface area contributed by atoms with E-state index in [0.717, 1.165) is 65.9 Å². The van der Waals surface area contributed by atoms with Gasteiger partial charge in [-0.15, -0.1) is 0 Å². The standard InChI is InChI=1S/C29H28ClN7O/c1-35-27(31)25-26(21-6-5-9-24(18-21)38-23-7-3-2-4-8-23)32-29(33-28(25)34-35)37-16-14-36(15-17-37)19-20-10-12-22(30)13-11-20/h2-13,18H,14-17,19,31H2,1H3. The van der Waals surface area contributed by atoms with Crippen molar-refractivity contribution < 1.29 is 4.74 Å². The maximum Gasteiger partial charge on any atom is 0.228 e. The number of piperazine rings is 1. The van der Waals surface area contributed by atoms with Gasteiger partial charge in [-0.1, -0.05) is 54.1 Å². The number of fused-ring (bicyclic) bond motifs is 1. The van der Waals surface area contributed by atoms with Crippen LogP contribution in [0.2, 0.25) is 5.02 Å². The van der Waals surface area contributed by atoms with Crippen molar-refractivity contribution in [3.8, 4) is 22.8 Å². The fourth-order valence-electron chi connectivity index (χ4n) is 4.74. The molecule has 9 heteroatoms. The van der Waals surface area contributed by atoms with Gasteiger partial charge in [0.2, 0.25) is 5.95 Å². The number of hydrogen-bond acceptors (Lipinski definition) is 7. The van der Waals surface area contributed by atoms with Crippen LogP contribution >= 0.6 is 11.6 Å². The second-order valence-corrected chi connectivity index (χ2v) is 9.85. The van der Waals surface area contributed by atoms with Crippen molar-refractivity contribution in [3.05, 3.63) is 89.4 Å². The fourth-order valence-corrected chi connectivity index (χ4v) is 4.87. The summed E-state index contributed by atoms with van der Waals surface area (Å²) in [4.78, 5) is 14.5. The van der Waals surface area contributed by atoms with Crippen molar-refractivity contribution in [3.63, 3.8) is 0 Å². The van der Waals surface area contributed by atoms with Crippen LogP contribution in [0.5, 0.6) is 11.5 Å². The van der Waals surface area contributed by atoms with Gasteiger partial charge in [-0.25, -0.2) is 4.98 Å². The molecule has 3 aromatic carbocycles. The molecule has 8 nitrogen and oxygen atoms in total. The Labute approximate surface area is 226 Å². The van der Waals surface area contributed by atoms with Crippen LogP contribution in [0.3, 0.4) is 0 Å². The molecule has 1 saturated heterocycles. The lowest BCUT2D eigenvalue weighted by atomic mass is 10.1. The third kappa shape index (κ3) is 5.01. The molecule has 2 aromatic heterocycles. The summed E-state index contributed by atoms with van der Waals surface area (Å²) >= 11 is 6.04. The number of para-hydroxylation sites is 1. The van der Waals surface area contributed by atoms with Gasteiger partial charge in [0.05, 0.1) is 11.1 Å². The monoisotopic (exact) mass is 525 g/mol. The summed E-state index contributed by atoms with van der Waals surface area (Å²) in [5, 5.41) is 6.09. The fraction of sp³-hybridized carbons (Fsp3) is 0.207. The number of nitrogen functional groups attached to an aromatic ring is 1. The zero-order chi connectivity index (χ0) is 26.1. The summed E-state index contributed by atoms with van der Waals surface area (Å²) in [6.45, 7) is 4.34. The average Bonchev–Trinajstić information content (AvgIpc) is 3.23. The van der Waals surface area contributed by atoms with Crippen molar-refractivity contribution in [1.29, 1.82) is 0 Å². The van der Waals surface area contributed by atoms with Crippen molar-refractivity contribution in [1.82, 2.24) is 24.6 Å². The van der Waals surface area contributed by atoms with Gasteiger partial charge in [-0.05, 0) is 42.0 Å². The van der Waals surface area contributed by atoms with Gasteiger partial charge in [0.15, 0.2) is 5.65 Å². The van der Waals surface area contributed by atoms with E-state index in [1.54, 1.807) is 4.68 Å². The molecule has 5 aromatic rings. The molecule has 0 amide bonds. The molecule has 192 valence electrons. The SMILES string of the molecule is Cn1nc2nc(N3CCN(Cc4ccc(Cl)cc4)CC3)nc(-c3cccc(Oc4ccccc4)c3)c2c1N. The summed E-state index contributed by atoms with van der Waals surface area (Å²) in [6.07, 6.45) is 0. The number of nitrogens with two attached hydrogens (primary N) is 1. The Kier molecular flexibility index (Phi) is 6.57. The molecule has 6 rings (SSSR count). The van der Waals surface area contributed by atoms with Crippen molar-refractivity contribution >= 4 is 34.4 Å². The molecule has 1 aliphatic rings. The highest BCUT2D eigenvalue weighted by molar-refractivity contribution is 6.30. The van der Waals surface area contributed by atoms with E-state index in [4.69, 9.17) is 32.0 Å². The molecule has 0 aliphatic carbocycles. The van der Waals surface area contributed by atoms with Crippen LogP contribution in [0.1, 0.15) is 5.56 Å². The highest BCUT2D eigenvalue weighted by Crippen LogP contribution is 2.34. The van der Waals surface area contributed by atoms with E-state index in [1.807, 2.05) is 73.8 Å². The lowest BCUT2D eigenvalue weighted by molar-refractivity contribution is 0.249. The van der Waals surface area contributed by atoms with Gasteiger partial charge in [0.25, 0.3) is 0 Å². The van der Waals surface area contributed by atoms with Crippen LogP contribution in [0, 0.1) is 0 Å². The van der Waals surface area contributed by atoms with Crippen LogP contribution in [0.15, 0.2) is 78.9 Å². The molecule has 0 unspecified atom stereocenters. The van der Waals surface area contributed by atoms with Crippen LogP contribution < -0.4 is 15.4 Å². The zero-order valence-electron chi connectivity index (χ0n) is 21.1. The molecule has 2 N–H and O–H groups in total. The molecule has 1 aliphatic heterocycles. The summed E-state index contributed by atoms with van der Waals surface area (Å²) in [5.41, 5.74) is 9.91. The number of benzene rings is 3. The second kappa shape index (κ2) is 10.3. The van der Waals surface area contributed by atoms with E-state index < -0.39 is 0 Å². The average molecular weight is 526 g/mol. The van der Waals surface area contributed by atoms with Crippen LogP contribution in [-0.4, -0.2) is 50.8 Å². The summed E-state index contributed by atoms with van der Waals surface area (Å²) in [5.74, 6) is 2.69. The van der Waals surface area contributed by atoms with E-state index in [0.29, 0.717) is 17.4 Å². The summed E-state index contributed by atoms with van der Waals surface area (Å²) in [7, 11) is 1.82. The van der Waals surface area contributed by atoms with Gasteiger partial charge in [0.1, 0.15) is 17.3 Å². The van der Waals surface area contributed by atoms with E-state index >= 15 is 0 Å². The Hall–Kier alpha value is -4.14. The molecular weight excluding hydrogens is 498 g/mol. The molecule has 3 heterocycles. The first kappa shape index (κ1) is 24.2. The largest absolute Gasteiger partial charge is 0.457 e. The van der Waals surface area contributed by atoms with Crippen LogP contribution in [0.4, 0.5) is 11.8 Å². The normalized spacial score (nSPS) is 14.2. The predicted octanol–water partition coefficient (Wildman–Crippen LogP) is 5.38. The minimum absolute atomic E-state index is 0.531. The molecule has 0 atom stereocenters. The highest BCUT2D eigenvalue weighted by atomic mass is 35.5. The Bertz CT molecular complexity index is 1560. The second-order valence-electron chi connectivity index (χ2n) is 9.41. The first-order chi connectivity index (χ1) is 18.5.